The first-order valence-corrected chi connectivity index (χ1v) is 6.16. The Morgan fingerprint density at radius 1 is 1.47 bits per heavy atom. The number of carbonyl (C=O) groups excluding carboxylic acids is 1. The lowest BCUT2D eigenvalue weighted by atomic mass is 10.2. The zero-order valence-corrected chi connectivity index (χ0v) is 9.71. The van der Waals surface area contributed by atoms with Crippen LogP contribution in [0.3, 0.4) is 0 Å². The number of amides is 1. The molecule has 0 spiro atoms. The lowest BCUT2D eigenvalue weighted by Crippen LogP contribution is -2.33. The van der Waals surface area contributed by atoms with E-state index in [1.54, 1.807) is 11.8 Å². The van der Waals surface area contributed by atoms with E-state index in [-0.39, 0.29) is 0 Å². The highest BCUT2D eigenvalue weighted by Gasteiger charge is 2.27. The van der Waals surface area contributed by atoms with Crippen LogP contribution in [0.1, 0.15) is 11.7 Å². The Balaban J connectivity index is 2.23. The van der Waals surface area contributed by atoms with Gasteiger partial charge in [0.25, 0.3) is 0 Å². The number of nitrogens with one attached hydrogen (secondary N) is 2. The Morgan fingerprint density at radius 3 is 3.12 bits per heavy atom. The number of hydrogen-bond donors (Lipinski definition) is 3. The van der Waals surface area contributed by atoms with Crippen molar-refractivity contribution in [1.29, 1.82) is 0 Å². The molecule has 2 aromatic rings. The van der Waals surface area contributed by atoms with E-state index in [0.717, 1.165) is 21.5 Å². The van der Waals surface area contributed by atoms with Gasteiger partial charge in [-0.1, -0.05) is 30.0 Å². The summed E-state index contributed by atoms with van der Waals surface area (Å²) in [6, 6.07) is 7.28. The zero-order valence-electron chi connectivity index (χ0n) is 8.90. The van der Waals surface area contributed by atoms with Crippen molar-refractivity contribution in [2.24, 2.45) is 5.73 Å². The topological polar surface area (TPSA) is 80.1 Å². The van der Waals surface area contributed by atoms with Crippen LogP contribution in [0.2, 0.25) is 0 Å². The second-order valence-corrected chi connectivity index (χ2v) is 4.71. The molecule has 0 radical (unpaired) electrons. The summed E-state index contributed by atoms with van der Waals surface area (Å²) in [6.45, 7) is 0. The quantitative estimate of drug-likeness (QED) is 0.711. The highest BCUT2D eigenvalue weighted by molar-refractivity contribution is 7.99. The molecule has 2 heterocycles. The van der Waals surface area contributed by atoms with E-state index >= 15 is 0 Å². The summed E-state index contributed by atoms with van der Waals surface area (Å²) in [4.78, 5) is 20.8. The number of aromatic amines is 1. The van der Waals surface area contributed by atoms with Gasteiger partial charge in [0, 0.05) is 15.8 Å². The van der Waals surface area contributed by atoms with E-state index in [4.69, 9.17) is 10.6 Å². The molecule has 0 aliphatic carbocycles. The maximum Gasteiger partial charge on any atom is 0.243 e. The molecule has 1 aliphatic rings. The summed E-state index contributed by atoms with van der Waals surface area (Å²) in [7, 11) is 0. The lowest BCUT2D eigenvalue weighted by molar-refractivity contribution is -0.123. The molecule has 0 bridgehead atoms. The molecule has 0 saturated heterocycles. The monoisotopic (exact) mass is 249 g/mol. The molecule has 1 unspecified atom stereocenters. The Labute approximate surface area is 102 Å². The van der Waals surface area contributed by atoms with Gasteiger partial charge < -0.3 is 10.7 Å². The fourth-order valence-electron chi connectivity index (χ4n) is 1.96. The molecule has 0 saturated carbocycles. The summed E-state index contributed by atoms with van der Waals surface area (Å²) in [5.41, 5.74) is 9.81. The number of nitrogens with two attached hydrogens (primary N) is 1. The molecule has 6 heteroatoms. The van der Waals surface area contributed by atoms with Gasteiger partial charge in [0.1, 0.15) is 5.94 Å². The second kappa shape index (κ2) is 4.06. The molecule has 3 rings (SSSR count). The number of thioether (sulfide) groups is 1. The summed E-state index contributed by atoms with van der Waals surface area (Å²) < 4.78 is 0. The number of carbonyl (C=O) groups is 1. The highest BCUT2D eigenvalue weighted by atomic mass is 32.2. The van der Waals surface area contributed by atoms with Gasteiger partial charge in [-0.2, -0.15) is 5.48 Å². The van der Waals surface area contributed by atoms with Crippen molar-refractivity contribution in [3.63, 3.8) is 0 Å². The van der Waals surface area contributed by atoms with Crippen LogP contribution in [-0.2, 0) is 9.63 Å². The average Bonchev–Trinajstić information content (AvgIpc) is 2.54. The Morgan fingerprint density at radius 2 is 2.29 bits per heavy atom. The third kappa shape index (κ3) is 1.70. The number of aromatic nitrogens is 1. The van der Waals surface area contributed by atoms with Crippen molar-refractivity contribution in [2.45, 2.75) is 10.9 Å². The number of para-hydroxylation sites is 1. The number of fused-ring (bicyclic) bond motifs is 3. The molecule has 1 atom stereocenters. The minimum Gasteiger partial charge on any atom is -0.368 e. The number of primary amides is 1. The maximum absolute atomic E-state index is 11.4. The molecule has 17 heavy (non-hydrogen) atoms. The molecule has 4 N–H and O–H groups in total. The minimum atomic E-state index is -0.632. The van der Waals surface area contributed by atoms with Crippen LogP contribution >= 0.6 is 11.8 Å². The van der Waals surface area contributed by atoms with Gasteiger partial charge >= 0.3 is 0 Å². The Kier molecular flexibility index (Phi) is 2.54. The van der Waals surface area contributed by atoms with E-state index in [2.05, 4.69) is 10.5 Å². The van der Waals surface area contributed by atoms with Gasteiger partial charge in [-0.25, -0.2) is 0 Å². The highest BCUT2D eigenvalue weighted by Crippen LogP contribution is 2.36. The third-order valence-corrected chi connectivity index (χ3v) is 3.69. The van der Waals surface area contributed by atoms with Gasteiger partial charge in [0.05, 0.1) is 5.69 Å². The van der Waals surface area contributed by atoms with Gasteiger partial charge in [0.2, 0.25) is 5.91 Å². The normalized spacial score (nSPS) is 19.9. The molecular formula is C11H11N3O2S. The number of hydroxylamine groups is 1. The molecule has 1 aliphatic heterocycles. The van der Waals surface area contributed by atoms with Crippen molar-refractivity contribution in [1.82, 2.24) is 10.5 Å². The molecule has 5 nitrogen and oxygen atoms in total. The molecule has 88 valence electrons. The van der Waals surface area contributed by atoms with Crippen LogP contribution in [0.25, 0.3) is 10.9 Å². The number of hydrogen-bond acceptors (Lipinski definition) is 4. The predicted molar refractivity (Wildman–Crippen MR) is 65.2 cm³/mol. The fourth-order valence-corrected chi connectivity index (χ4v) is 2.86. The van der Waals surface area contributed by atoms with E-state index in [1.807, 2.05) is 24.3 Å². The van der Waals surface area contributed by atoms with E-state index in [0.29, 0.717) is 5.94 Å². The standard InChI is InChI=1S/C11H11N3O2S/c12-11(15)9-8-10(17-5-16-14-9)6-3-1-2-4-7(6)13-8/h1-4,9,13-14H,5H2,(H2,12,15). The van der Waals surface area contributed by atoms with Crippen LogP contribution < -0.4 is 11.2 Å². The summed E-state index contributed by atoms with van der Waals surface area (Å²) in [5, 5.41) is 1.09. The summed E-state index contributed by atoms with van der Waals surface area (Å²) >= 11 is 1.54. The van der Waals surface area contributed by atoms with Crippen LogP contribution in [0, 0.1) is 0 Å². The van der Waals surface area contributed by atoms with Gasteiger partial charge in [-0.15, -0.1) is 0 Å². The number of benzene rings is 1. The van der Waals surface area contributed by atoms with Gasteiger partial charge in [-0.05, 0) is 6.07 Å². The molecule has 1 amide bonds. The first-order chi connectivity index (χ1) is 8.27. The number of H-pyrrole nitrogens is 1. The predicted octanol–water partition coefficient (Wildman–Crippen LogP) is 1.28. The van der Waals surface area contributed by atoms with E-state index in [1.165, 1.54) is 0 Å². The largest absolute Gasteiger partial charge is 0.368 e. The van der Waals surface area contributed by atoms with Crippen LogP contribution in [0.5, 0.6) is 0 Å². The van der Waals surface area contributed by atoms with Gasteiger partial charge in [-0.3, -0.25) is 9.63 Å². The first-order valence-electron chi connectivity index (χ1n) is 5.17. The van der Waals surface area contributed by atoms with Gasteiger partial charge in [0.15, 0.2) is 6.04 Å². The molecular weight excluding hydrogens is 238 g/mol. The van der Waals surface area contributed by atoms with Crippen molar-refractivity contribution in [3.8, 4) is 0 Å². The first kappa shape index (κ1) is 10.6. The van der Waals surface area contributed by atoms with E-state index in [9.17, 15) is 4.79 Å². The Bertz CT molecular complexity index is 581. The van der Waals surface area contributed by atoms with Crippen molar-refractivity contribution < 1.29 is 9.63 Å². The molecule has 1 aromatic carbocycles. The van der Waals surface area contributed by atoms with Crippen LogP contribution in [0.4, 0.5) is 0 Å². The van der Waals surface area contributed by atoms with Crippen LogP contribution in [0.15, 0.2) is 29.2 Å². The summed E-state index contributed by atoms with van der Waals surface area (Å²) in [6.07, 6.45) is 0. The van der Waals surface area contributed by atoms with Crippen molar-refractivity contribution in [2.75, 3.05) is 5.94 Å². The molecule has 1 aromatic heterocycles. The average molecular weight is 249 g/mol. The Hall–Kier alpha value is -1.50. The molecule has 0 fully saturated rings. The van der Waals surface area contributed by atoms with Crippen molar-refractivity contribution in [3.05, 3.63) is 30.0 Å². The van der Waals surface area contributed by atoms with E-state index < -0.39 is 11.9 Å². The fraction of sp³-hybridized carbons (Fsp3) is 0.182. The van der Waals surface area contributed by atoms with Crippen LogP contribution in [-0.4, -0.2) is 16.8 Å². The smallest absolute Gasteiger partial charge is 0.243 e. The SMILES string of the molecule is NC(=O)C1NOCSc2c1[nH]c1ccccc21. The maximum atomic E-state index is 11.4. The third-order valence-electron chi connectivity index (χ3n) is 2.72. The minimum absolute atomic E-state index is 0.443. The number of rotatable bonds is 1. The summed E-state index contributed by atoms with van der Waals surface area (Å²) in [5.74, 6) is -0.0150. The van der Waals surface area contributed by atoms with Crippen molar-refractivity contribution >= 4 is 28.6 Å². The zero-order chi connectivity index (χ0) is 11.8. The lowest BCUT2D eigenvalue weighted by Gasteiger charge is -2.10. The second-order valence-electron chi connectivity index (χ2n) is 3.77.